The molecule has 1 saturated carbocycles. The summed E-state index contributed by atoms with van der Waals surface area (Å²) < 4.78 is 76.4. The van der Waals surface area contributed by atoms with Crippen LogP contribution in [0.3, 0.4) is 0 Å². The van der Waals surface area contributed by atoms with Crippen LogP contribution in [0, 0.1) is 5.92 Å². The molecular formula is C25H26Cl2F3N3O5S2. The fourth-order valence-electron chi connectivity index (χ4n) is 4.15. The molecule has 8 nitrogen and oxygen atoms in total. The van der Waals surface area contributed by atoms with Gasteiger partial charge in [0.15, 0.2) is 0 Å². The molecular weight excluding hydrogens is 614 g/mol. The third kappa shape index (κ3) is 6.81. The highest BCUT2D eigenvalue weighted by Crippen LogP contribution is 2.45. The van der Waals surface area contributed by atoms with Gasteiger partial charge in [-0.1, -0.05) is 53.7 Å². The van der Waals surface area contributed by atoms with Crippen LogP contribution in [0.5, 0.6) is 0 Å². The number of carbonyl (C=O) groups is 1. The molecule has 2 aromatic heterocycles. The molecule has 40 heavy (non-hydrogen) atoms. The van der Waals surface area contributed by atoms with Crippen LogP contribution in [-0.4, -0.2) is 42.8 Å². The van der Waals surface area contributed by atoms with E-state index < -0.39 is 37.8 Å². The first-order valence-corrected chi connectivity index (χ1v) is 15.3. The lowest BCUT2D eigenvalue weighted by molar-refractivity contribution is -0.147. The van der Waals surface area contributed by atoms with Gasteiger partial charge in [-0.15, -0.1) is 11.3 Å². The van der Waals surface area contributed by atoms with Gasteiger partial charge in [0.1, 0.15) is 33.0 Å². The highest BCUT2D eigenvalue weighted by Gasteiger charge is 2.39. The molecule has 1 aliphatic rings. The fraction of sp³-hybridized carbons (Fsp3) is 0.480. The second kappa shape index (κ2) is 11.6. The molecule has 4 rings (SSSR count). The normalized spacial score (nSPS) is 15.6. The summed E-state index contributed by atoms with van der Waals surface area (Å²) in [5, 5.41) is 4.12. The van der Waals surface area contributed by atoms with E-state index >= 15 is 0 Å². The van der Waals surface area contributed by atoms with Crippen molar-refractivity contribution in [1.29, 1.82) is 0 Å². The van der Waals surface area contributed by atoms with Crippen molar-refractivity contribution in [2.75, 3.05) is 0 Å². The number of rotatable bonds is 11. The molecule has 0 unspecified atom stereocenters. The Labute approximate surface area is 243 Å². The van der Waals surface area contributed by atoms with Gasteiger partial charge in [0.25, 0.3) is 6.47 Å². The van der Waals surface area contributed by atoms with Gasteiger partial charge < -0.3 is 9.26 Å². The Morgan fingerprint density at radius 1 is 1.25 bits per heavy atom. The lowest BCUT2D eigenvalue weighted by Gasteiger charge is -2.24. The monoisotopic (exact) mass is 639 g/mol. The van der Waals surface area contributed by atoms with Crippen LogP contribution < -0.4 is 4.72 Å². The van der Waals surface area contributed by atoms with E-state index in [0.29, 0.717) is 52.6 Å². The third-order valence-electron chi connectivity index (χ3n) is 6.55. The maximum absolute atomic E-state index is 13.0. The summed E-state index contributed by atoms with van der Waals surface area (Å²) in [5.41, 5.74) is 0.768. The lowest BCUT2D eigenvalue weighted by atomic mass is 9.82. The number of benzene rings is 1. The van der Waals surface area contributed by atoms with Gasteiger partial charge in [-0.05, 0) is 39.2 Å². The van der Waals surface area contributed by atoms with Gasteiger partial charge >= 0.3 is 6.18 Å². The number of sulfonamides is 1. The zero-order valence-electron chi connectivity index (χ0n) is 21.6. The lowest BCUT2D eigenvalue weighted by Crippen LogP contribution is -2.43. The van der Waals surface area contributed by atoms with E-state index in [1.54, 1.807) is 24.6 Å². The first-order chi connectivity index (χ1) is 18.6. The second-order valence-corrected chi connectivity index (χ2v) is 13.7. The number of ether oxygens (including phenoxy) is 1. The summed E-state index contributed by atoms with van der Waals surface area (Å²) in [7, 11) is -4.63. The number of thiazole rings is 1. The Morgan fingerprint density at radius 3 is 2.55 bits per heavy atom. The molecule has 0 radical (unpaired) electrons. The Hall–Kier alpha value is -2.19. The minimum absolute atomic E-state index is 0.122. The number of halogens is 5. The minimum Gasteiger partial charge on any atom is -0.461 e. The summed E-state index contributed by atoms with van der Waals surface area (Å²) in [5.74, 6) is 0.903. The van der Waals surface area contributed by atoms with Crippen molar-refractivity contribution in [3.63, 3.8) is 0 Å². The summed E-state index contributed by atoms with van der Waals surface area (Å²) in [4.78, 5) is 15.6. The van der Waals surface area contributed by atoms with Crippen LogP contribution in [0.4, 0.5) is 13.2 Å². The molecule has 0 aliphatic heterocycles. The van der Waals surface area contributed by atoms with Crippen LogP contribution in [0.25, 0.3) is 21.1 Å². The van der Waals surface area contributed by atoms with Crippen LogP contribution >= 0.6 is 34.5 Å². The Bertz CT molecular complexity index is 1500. The summed E-state index contributed by atoms with van der Waals surface area (Å²) in [6, 6.07) is 1.91. The van der Waals surface area contributed by atoms with E-state index in [4.69, 9.17) is 37.4 Å². The predicted octanol–water partition coefficient (Wildman–Crippen LogP) is 6.84. The van der Waals surface area contributed by atoms with Crippen LogP contribution in [0.15, 0.2) is 27.6 Å². The molecule has 0 saturated heterocycles. The molecule has 1 fully saturated rings. The minimum atomic E-state index is -4.78. The van der Waals surface area contributed by atoms with E-state index in [9.17, 15) is 26.4 Å². The molecule has 1 aromatic carbocycles. The molecule has 1 atom stereocenters. The van der Waals surface area contributed by atoms with Crippen molar-refractivity contribution in [3.8, 4) is 21.1 Å². The highest BCUT2D eigenvalue weighted by molar-refractivity contribution is 7.89. The molecule has 1 N–H and O–H groups in total. The third-order valence-corrected chi connectivity index (χ3v) is 10.3. The maximum atomic E-state index is 13.0. The summed E-state index contributed by atoms with van der Waals surface area (Å²) in [6.07, 6.45) is -0.649. The number of nitrogens with zero attached hydrogens (tertiary/aromatic N) is 2. The zero-order chi connectivity index (χ0) is 29.5. The largest absolute Gasteiger partial charge is 0.461 e. The number of carbonyl (C=O) groups excluding carboxylic acids is 1. The van der Waals surface area contributed by atoms with E-state index in [0.717, 1.165) is 31.0 Å². The second-order valence-electron chi connectivity index (χ2n) is 10.2. The molecule has 218 valence electrons. The van der Waals surface area contributed by atoms with Gasteiger partial charge in [-0.3, -0.25) is 4.79 Å². The molecule has 0 spiro atoms. The van der Waals surface area contributed by atoms with Crippen molar-refractivity contribution in [1.82, 2.24) is 14.9 Å². The van der Waals surface area contributed by atoms with Crippen molar-refractivity contribution in [2.24, 2.45) is 5.92 Å². The number of hydrogen-bond acceptors (Lipinski definition) is 8. The summed E-state index contributed by atoms with van der Waals surface area (Å²) in [6.45, 7) is 4.53. The first kappa shape index (κ1) is 30.8. The fourth-order valence-corrected chi connectivity index (χ4v) is 7.38. The molecule has 1 aliphatic carbocycles. The number of hydrogen-bond donors (Lipinski definition) is 1. The Balaban J connectivity index is 1.70. The quantitative estimate of drug-likeness (QED) is 0.229. The zero-order valence-corrected chi connectivity index (χ0v) is 24.8. The van der Waals surface area contributed by atoms with Crippen molar-refractivity contribution in [3.05, 3.63) is 39.7 Å². The molecule has 3 aromatic rings. The van der Waals surface area contributed by atoms with Gasteiger partial charge in [-0.25, -0.2) is 13.4 Å². The SMILES string of the molecule is C[C@H](NS(=O)(=O)c1ccc(-c2sc(-c3cc(CC(C)(C)OC=O)on3)nc2CC2CCC2)c(Cl)c1Cl)C(F)(F)F. The molecule has 2 heterocycles. The van der Waals surface area contributed by atoms with E-state index in [-0.39, 0.29) is 11.4 Å². The summed E-state index contributed by atoms with van der Waals surface area (Å²) >= 11 is 14.1. The van der Waals surface area contributed by atoms with Crippen LogP contribution in [0.1, 0.15) is 51.5 Å². The topological polar surface area (TPSA) is 111 Å². The highest BCUT2D eigenvalue weighted by atomic mass is 35.5. The van der Waals surface area contributed by atoms with Crippen LogP contribution in [-0.2, 0) is 32.4 Å². The standard InChI is InChI=1S/C25H26Cl2F3N3O5S2/c1-13(25(28,29)30)33-40(35,36)19-8-7-16(20(26)21(19)27)22-17(9-14-5-4-6-14)31-23(39-22)18-10-15(38-32-18)11-24(2,3)37-12-34/h7-8,10,12-14,33H,4-6,9,11H2,1-3H3/t13-/m0/s1. The molecule has 0 bridgehead atoms. The van der Waals surface area contributed by atoms with Gasteiger partial charge in [0, 0.05) is 18.1 Å². The van der Waals surface area contributed by atoms with Gasteiger partial charge in [-0.2, -0.15) is 17.9 Å². The van der Waals surface area contributed by atoms with E-state index in [1.165, 1.54) is 17.4 Å². The molecule has 0 amide bonds. The number of aromatic nitrogens is 2. The Kier molecular flexibility index (Phi) is 8.92. The smallest absolute Gasteiger partial charge is 0.404 e. The molecule has 15 heteroatoms. The van der Waals surface area contributed by atoms with E-state index in [2.05, 4.69) is 5.16 Å². The van der Waals surface area contributed by atoms with Crippen molar-refractivity contribution < 1.29 is 35.6 Å². The Morgan fingerprint density at radius 2 is 1.95 bits per heavy atom. The van der Waals surface area contributed by atoms with Gasteiger partial charge in [0.2, 0.25) is 10.0 Å². The van der Waals surface area contributed by atoms with Crippen molar-refractivity contribution >= 4 is 51.0 Å². The maximum Gasteiger partial charge on any atom is 0.404 e. The van der Waals surface area contributed by atoms with Crippen LogP contribution in [0.2, 0.25) is 10.0 Å². The van der Waals surface area contributed by atoms with Gasteiger partial charge in [0.05, 0.1) is 20.6 Å². The van der Waals surface area contributed by atoms with Crippen molar-refractivity contribution in [2.45, 2.75) is 75.6 Å². The van der Waals surface area contributed by atoms with E-state index in [1.807, 2.05) is 0 Å². The number of alkyl halides is 3. The average molecular weight is 641 g/mol. The average Bonchev–Trinajstić information content (AvgIpc) is 3.43. The predicted molar refractivity (Wildman–Crippen MR) is 145 cm³/mol. The number of nitrogens with one attached hydrogen (secondary N) is 1. The first-order valence-electron chi connectivity index (χ1n) is 12.3.